The Morgan fingerprint density at radius 2 is 1.75 bits per heavy atom. The Hall–Kier alpha value is -2.34. The molecule has 1 atom stereocenters. The fourth-order valence-electron chi connectivity index (χ4n) is 1.95. The second kappa shape index (κ2) is 8.49. The number of hydrogen-bond acceptors (Lipinski definition) is 3. The Labute approximate surface area is 144 Å². The maximum Gasteiger partial charge on any atom is 0.237 e. The van der Waals surface area contributed by atoms with Crippen LogP contribution in [0, 0.1) is 12.7 Å². The molecule has 0 fully saturated rings. The van der Waals surface area contributed by atoms with Gasteiger partial charge in [-0.25, -0.2) is 4.39 Å². The van der Waals surface area contributed by atoms with Gasteiger partial charge in [-0.15, -0.1) is 11.8 Å². The van der Waals surface area contributed by atoms with Crippen molar-refractivity contribution in [3.05, 3.63) is 59.9 Å². The second-order valence-corrected chi connectivity index (χ2v) is 6.64. The lowest BCUT2D eigenvalue weighted by Gasteiger charge is -2.13. The Morgan fingerprint density at radius 1 is 1.08 bits per heavy atom. The number of amides is 2. The van der Waals surface area contributed by atoms with Crippen molar-refractivity contribution in [3.63, 3.8) is 0 Å². The molecule has 126 valence electrons. The highest BCUT2D eigenvalue weighted by Crippen LogP contribution is 2.17. The van der Waals surface area contributed by atoms with Gasteiger partial charge < -0.3 is 10.6 Å². The maximum absolute atomic E-state index is 12.8. The van der Waals surface area contributed by atoms with Crippen LogP contribution >= 0.6 is 11.8 Å². The molecule has 1 unspecified atom stereocenters. The lowest BCUT2D eigenvalue weighted by Crippen LogP contribution is -2.25. The van der Waals surface area contributed by atoms with Crippen LogP contribution in [-0.2, 0) is 9.59 Å². The minimum Gasteiger partial charge on any atom is -0.325 e. The molecule has 0 aromatic heterocycles. The van der Waals surface area contributed by atoms with Gasteiger partial charge in [0.05, 0.1) is 11.0 Å². The van der Waals surface area contributed by atoms with Gasteiger partial charge >= 0.3 is 0 Å². The normalized spacial score (nSPS) is 11.6. The standard InChI is InChI=1S/C18H19FN2O2S/c1-12-5-3-4-6-16(12)21-18(23)13(2)24-11-17(22)20-15-9-7-14(19)8-10-15/h3-10,13H,11H2,1-2H3,(H,20,22)(H,21,23). The summed E-state index contributed by atoms with van der Waals surface area (Å²) < 4.78 is 12.8. The van der Waals surface area contributed by atoms with Crippen LogP contribution in [0.2, 0.25) is 0 Å². The van der Waals surface area contributed by atoms with Gasteiger partial charge in [0.2, 0.25) is 11.8 Å². The van der Waals surface area contributed by atoms with E-state index in [9.17, 15) is 14.0 Å². The molecule has 0 aliphatic carbocycles. The fraction of sp³-hybridized carbons (Fsp3) is 0.222. The summed E-state index contributed by atoms with van der Waals surface area (Å²) in [6.45, 7) is 3.67. The van der Waals surface area contributed by atoms with E-state index in [4.69, 9.17) is 0 Å². The van der Waals surface area contributed by atoms with Crippen molar-refractivity contribution >= 4 is 35.0 Å². The van der Waals surface area contributed by atoms with Crippen LogP contribution in [0.25, 0.3) is 0 Å². The molecule has 0 radical (unpaired) electrons. The Kier molecular flexibility index (Phi) is 6.37. The number of nitrogens with one attached hydrogen (secondary N) is 2. The van der Waals surface area contributed by atoms with E-state index in [1.165, 1.54) is 36.0 Å². The van der Waals surface area contributed by atoms with Crippen LogP contribution in [0.5, 0.6) is 0 Å². The number of carbonyl (C=O) groups is 2. The Balaban J connectivity index is 1.80. The maximum atomic E-state index is 12.8. The molecular weight excluding hydrogens is 327 g/mol. The van der Waals surface area contributed by atoms with Gasteiger partial charge in [0, 0.05) is 11.4 Å². The van der Waals surface area contributed by atoms with Crippen molar-refractivity contribution in [2.45, 2.75) is 19.1 Å². The average Bonchev–Trinajstić information content (AvgIpc) is 2.56. The first-order valence-electron chi connectivity index (χ1n) is 7.49. The molecular formula is C18H19FN2O2S. The summed E-state index contributed by atoms with van der Waals surface area (Å²) in [5, 5.41) is 5.15. The van der Waals surface area contributed by atoms with Crippen molar-refractivity contribution in [1.82, 2.24) is 0 Å². The summed E-state index contributed by atoms with van der Waals surface area (Å²) in [4.78, 5) is 24.0. The van der Waals surface area contributed by atoms with E-state index in [-0.39, 0.29) is 28.6 Å². The van der Waals surface area contributed by atoms with Crippen LogP contribution in [0.1, 0.15) is 12.5 Å². The Morgan fingerprint density at radius 3 is 2.42 bits per heavy atom. The van der Waals surface area contributed by atoms with E-state index in [1.807, 2.05) is 31.2 Å². The molecule has 0 saturated heterocycles. The van der Waals surface area contributed by atoms with E-state index in [1.54, 1.807) is 6.92 Å². The molecule has 4 nitrogen and oxygen atoms in total. The molecule has 24 heavy (non-hydrogen) atoms. The Bertz CT molecular complexity index is 719. The molecule has 0 bridgehead atoms. The zero-order valence-corrected chi connectivity index (χ0v) is 14.3. The predicted octanol–water partition coefficient (Wildman–Crippen LogP) is 3.83. The predicted molar refractivity (Wildman–Crippen MR) is 96.8 cm³/mol. The van der Waals surface area contributed by atoms with Gasteiger partial charge in [-0.3, -0.25) is 9.59 Å². The van der Waals surface area contributed by atoms with Gasteiger partial charge in [-0.1, -0.05) is 18.2 Å². The van der Waals surface area contributed by atoms with Crippen LogP contribution < -0.4 is 10.6 Å². The lowest BCUT2D eigenvalue weighted by molar-refractivity contribution is -0.115. The number of benzene rings is 2. The summed E-state index contributed by atoms with van der Waals surface area (Å²) in [7, 11) is 0. The number of halogens is 1. The number of carbonyl (C=O) groups excluding carboxylic acids is 2. The molecule has 2 aromatic rings. The molecule has 2 rings (SSSR count). The molecule has 6 heteroatoms. The van der Waals surface area contributed by atoms with E-state index in [0.29, 0.717) is 5.69 Å². The molecule has 0 saturated carbocycles. The molecule has 2 amide bonds. The first-order valence-corrected chi connectivity index (χ1v) is 8.54. The third-order valence-corrected chi connectivity index (χ3v) is 4.51. The summed E-state index contributed by atoms with van der Waals surface area (Å²) in [5.41, 5.74) is 2.28. The van der Waals surface area contributed by atoms with Crippen molar-refractivity contribution < 1.29 is 14.0 Å². The molecule has 0 aliphatic heterocycles. The lowest BCUT2D eigenvalue weighted by atomic mass is 10.2. The largest absolute Gasteiger partial charge is 0.325 e. The minimum absolute atomic E-state index is 0.139. The zero-order chi connectivity index (χ0) is 17.5. The highest BCUT2D eigenvalue weighted by molar-refractivity contribution is 8.01. The van der Waals surface area contributed by atoms with Gasteiger partial charge in [0.25, 0.3) is 0 Å². The third kappa shape index (κ3) is 5.38. The highest BCUT2D eigenvalue weighted by atomic mass is 32.2. The van der Waals surface area contributed by atoms with Crippen LogP contribution in [0.15, 0.2) is 48.5 Å². The van der Waals surface area contributed by atoms with Gasteiger partial charge in [0.15, 0.2) is 0 Å². The zero-order valence-electron chi connectivity index (χ0n) is 13.5. The van der Waals surface area contributed by atoms with Crippen molar-refractivity contribution in [2.24, 2.45) is 0 Å². The fourth-order valence-corrected chi connectivity index (χ4v) is 2.64. The number of aryl methyl sites for hydroxylation is 1. The van der Waals surface area contributed by atoms with Crippen molar-refractivity contribution in [2.75, 3.05) is 16.4 Å². The van der Waals surface area contributed by atoms with Gasteiger partial charge in [0.1, 0.15) is 5.82 Å². The summed E-state index contributed by atoms with van der Waals surface area (Å²) in [6.07, 6.45) is 0. The topological polar surface area (TPSA) is 58.2 Å². The average molecular weight is 346 g/mol. The van der Waals surface area contributed by atoms with Gasteiger partial charge in [-0.05, 0) is 49.7 Å². The summed E-state index contributed by atoms with van der Waals surface area (Å²) in [5.74, 6) is -0.602. The number of rotatable bonds is 6. The summed E-state index contributed by atoms with van der Waals surface area (Å²) >= 11 is 1.24. The van der Waals surface area contributed by atoms with E-state index in [2.05, 4.69) is 10.6 Å². The monoisotopic (exact) mass is 346 g/mol. The van der Waals surface area contributed by atoms with E-state index in [0.717, 1.165) is 11.3 Å². The molecule has 0 heterocycles. The number of hydrogen-bond donors (Lipinski definition) is 2. The first-order chi connectivity index (χ1) is 11.5. The minimum atomic E-state index is -0.372. The van der Waals surface area contributed by atoms with Crippen LogP contribution in [0.4, 0.5) is 15.8 Å². The quantitative estimate of drug-likeness (QED) is 0.836. The molecule has 2 N–H and O–H groups in total. The van der Waals surface area contributed by atoms with E-state index < -0.39 is 0 Å². The number of para-hydroxylation sites is 1. The molecule has 0 spiro atoms. The molecule has 2 aromatic carbocycles. The molecule has 0 aliphatic rings. The summed E-state index contributed by atoms with van der Waals surface area (Å²) in [6, 6.07) is 13.1. The highest BCUT2D eigenvalue weighted by Gasteiger charge is 2.16. The second-order valence-electron chi connectivity index (χ2n) is 5.31. The van der Waals surface area contributed by atoms with Crippen molar-refractivity contribution in [1.29, 1.82) is 0 Å². The smallest absolute Gasteiger partial charge is 0.237 e. The number of anilines is 2. The van der Waals surface area contributed by atoms with E-state index >= 15 is 0 Å². The number of thioether (sulfide) groups is 1. The van der Waals surface area contributed by atoms with Crippen molar-refractivity contribution in [3.8, 4) is 0 Å². The van der Waals surface area contributed by atoms with Gasteiger partial charge in [-0.2, -0.15) is 0 Å². The van der Waals surface area contributed by atoms with Crippen LogP contribution in [-0.4, -0.2) is 22.8 Å². The van der Waals surface area contributed by atoms with Crippen LogP contribution in [0.3, 0.4) is 0 Å². The SMILES string of the molecule is Cc1ccccc1NC(=O)C(C)SCC(=O)Nc1ccc(F)cc1. The first kappa shape index (κ1) is 18.0. The third-order valence-electron chi connectivity index (χ3n) is 3.36.